The van der Waals surface area contributed by atoms with Crippen molar-refractivity contribution in [2.24, 2.45) is 17.4 Å². The van der Waals surface area contributed by atoms with Gasteiger partial charge in [-0.1, -0.05) is 20.3 Å². The number of primary amides is 1. The van der Waals surface area contributed by atoms with E-state index in [0.29, 0.717) is 6.42 Å². The van der Waals surface area contributed by atoms with Crippen LogP contribution in [0.5, 0.6) is 0 Å². The highest BCUT2D eigenvalue weighted by Gasteiger charge is 2.32. The van der Waals surface area contributed by atoms with Gasteiger partial charge in [0.05, 0.1) is 13.0 Å². The van der Waals surface area contributed by atoms with Crippen LogP contribution in [0.1, 0.15) is 33.6 Å². The van der Waals surface area contributed by atoms with E-state index >= 15 is 0 Å². The van der Waals surface area contributed by atoms with E-state index in [-0.39, 0.29) is 5.92 Å². The molecule has 0 bridgehead atoms. The molecule has 5 atom stereocenters. The van der Waals surface area contributed by atoms with E-state index in [9.17, 15) is 24.0 Å². The molecule has 160 valence electrons. The number of carbonyl (C=O) groups excluding carboxylic acids is 4. The molecule has 9 N–H and O–H groups in total. The Labute approximate surface area is 162 Å². The van der Waals surface area contributed by atoms with Crippen molar-refractivity contribution in [3.63, 3.8) is 0 Å². The van der Waals surface area contributed by atoms with Crippen LogP contribution in [0.4, 0.5) is 0 Å². The average molecular weight is 403 g/mol. The zero-order valence-corrected chi connectivity index (χ0v) is 16.1. The van der Waals surface area contributed by atoms with Gasteiger partial charge in [-0.3, -0.25) is 24.0 Å². The Morgan fingerprint density at radius 2 is 1.54 bits per heavy atom. The molecule has 0 aromatic rings. The van der Waals surface area contributed by atoms with Gasteiger partial charge in [0.25, 0.3) is 0 Å². The van der Waals surface area contributed by atoms with E-state index < -0.39 is 66.8 Å². The Kier molecular flexibility index (Phi) is 10.7. The van der Waals surface area contributed by atoms with Gasteiger partial charge in [0, 0.05) is 0 Å². The number of carboxylic acid groups (broad SMARTS) is 1. The minimum atomic E-state index is -1.42. The molecular weight excluding hydrogens is 374 g/mol. The monoisotopic (exact) mass is 403 g/mol. The van der Waals surface area contributed by atoms with Gasteiger partial charge in [-0.15, -0.1) is 0 Å². The Bertz CT molecular complexity index is 598. The van der Waals surface area contributed by atoms with Crippen molar-refractivity contribution in [1.82, 2.24) is 16.0 Å². The first-order valence-corrected chi connectivity index (χ1v) is 8.73. The van der Waals surface area contributed by atoms with Crippen molar-refractivity contribution in [2.45, 2.75) is 57.8 Å². The highest BCUT2D eigenvalue weighted by Crippen LogP contribution is 2.09. The Morgan fingerprint density at radius 3 is 1.96 bits per heavy atom. The molecule has 0 fully saturated rings. The van der Waals surface area contributed by atoms with Gasteiger partial charge in [0.2, 0.25) is 23.6 Å². The molecule has 5 unspecified atom stereocenters. The first kappa shape index (κ1) is 25.3. The van der Waals surface area contributed by atoms with E-state index in [1.165, 1.54) is 6.92 Å². The largest absolute Gasteiger partial charge is 0.480 e. The molecule has 12 nitrogen and oxygen atoms in total. The summed E-state index contributed by atoms with van der Waals surface area (Å²) >= 11 is 0. The molecule has 0 heterocycles. The number of hydrogen-bond acceptors (Lipinski definition) is 7. The molecule has 0 aromatic carbocycles. The lowest BCUT2D eigenvalue weighted by molar-refractivity contribution is -0.142. The van der Waals surface area contributed by atoms with Crippen molar-refractivity contribution < 1.29 is 34.2 Å². The maximum Gasteiger partial charge on any atom is 0.325 e. The lowest BCUT2D eigenvalue weighted by Crippen LogP contribution is -2.59. The minimum absolute atomic E-state index is 0.380. The van der Waals surface area contributed by atoms with Crippen molar-refractivity contribution in [1.29, 1.82) is 0 Å². The van der Waals surface area contributed by atoms with Crippen LogP contribution in [0, 0.1) is 5.92 Å². The lowest BCUT2D eigenvalue weighted by Gasteiger charge is -2.27. The van der Waals surface area contributed by atoms with E-state index in [4.69, 9.17) is 21.7 Å². The van der Waals surface area contributed by atoms with Crippen molar-refractivity contribution in [2.75, 3.05) is 6.61 Å². The average Bonchev–Trinajstić information content (AvgIpc) is 2.62. The number of nitrogens with two attached hydrogens (primary N) is 2. The molecule has 0 radical (unpaired) electrons. The molecular formula is C16H29N5O7. The lowest BCUT2D eigenvalue weighted by atomic mass is 9.97. The van der Waals surface area contributed by atoms with Crippen LogP contribution in [-0.4, -0.2) is 70.6 Å². The zero-order valence-electron chi connectivity index (χ0n) is 16.1. The number of carbonyl (C=O) groups is 5. The highest BCUT2D eigenvalue weighted by molar-refractivity contribution is 5.96. The summed E-state index contributed by atoms with van der Waals surface area (Å²) in [6.07, 6.45) is -0.0852. The van der Waals surface area contributed by atoms with E-state index in [1.54, 1.807) is 13.8 Å². The predicted molar refractivity (Wildman–Crippen MR) is 97.4 cm³/mol. The van der Waals surface area contributed by atoms with Gasteiger partial charge >= 0.3 is 5.97 Å². The fraction of sp³-hybridized carbons (Fsp3) is 0.688. The standard InChI is InChI=1S/C16H29N5O7/c1-4-7(2)12(15(26)19-8(3)16(27)28)21-14(25)10(5-11(18)23)20-13(24)9(17)6-22/h7-10,12,22H,4-6,17H2,1-3H3,(H2,18,23)(H,19,26)(H,20,24)(H,21,25)(H,27,28). The Hall–Kier alpha value is -2.73. The van der Waals surface area contributed by atoms with Gasteiger partial charge in [0.15, 0.2) is 0 Å². The quantitative estimate of drug-likeness (QED) is 0.175. The number of carboxylic acids is 1. The second-order valence-corrected chi connectivity index (χ2v) is 6.46. The topological polar surface area (TPSA) is 214 Å². The van der Waals surface area contributed by atoms with Gasteiger partial charge in [0.1, 0.15) is 24.2 Å². The van der Waals surface area contributed by atoms with Crippen LogP contribution in [0.2, 0.25) is 0 Å². The molecule has 0 saturated heterocycles. The molecule has 0 aliphatic carbocycles. The fourth-order valence-corrected chi connectivity index (χ4v) is 2.09. The summed E-state index contributed by atoms with van der Waals surface area (Å²) in [5, 5.41) is 24.7. The number of nitrogens with one attached hydrogen (secondary N) is 3. The summed E-state index contributed by atoms with van der Waals surface area (Å²) in [7, 11) is 0. The summed E-state index contributed by atoms with van der Waals surface area (Å²) in [4.78, 5) is 58.9. The maximum atomic E-state index is 12.5. The molecule has 0 aromatic heterocycles. The van der Waals surface area contributed by atoms with Crippen LogP contribution < -0.4 is 27.4 Å². The third kappa shape index (κ3) is 8.31. The third-order valence-electron chi connectivity index (χ3n) is 4.09. The number of aliphatic hydroxyl groups excluding tert-OH is 1. The van der Waals surface area contributed by atoms with E-state index in [2.05, 4.69) is 16.0 Å². The van der Waals surface area contributed by atoms with Crippen molar-refractivity contribution in [3.05, 3.63) is 0 Å². The first-order chi connectivity index (χ1) is 12.9. The molecule has 28 heavy (non-hydrogen) atoms. The molecule has 0 spiro atoms. The number of aliphatic hydroxyl groups is 1. The minimum Gasteiger partial charge on any atom is -0.480 e. The van der Waals surface area contributed by atoms with Crippen LogP contribution in [0.3, 0.4) is 0 Å². The Balaban J connectivity index is 5.39. The molecule has 0 aliphatic rings. The zero-order chi connectivity index (χ0) is 22.0. The smallest absolute Gasteiger partial charge is 0.325 e. The SMILES string of the molecule is CCC(C)C(NC(=O)C(CC(N)=O)NC(=O)C(N)CO)C(=O)NC(C)C(=O)O. The van der Waals surface area contributed by atoms with Crippen LogP contribution in [0.25, 0.3) is 0 Å². The van der Waals surface area contributed by atoms with Crippen LogP contribution >= 0.6 is 0 Å². The summed E-state index contributed by atoms with van der Waals surface area (Å²) in [5.74, 6) is -5.00. The van der Waals surface area contributed by atoms with Crippen LogP contribution in [0.15, 0.2) is 0 Å². The number of hydrogen-bond donors (Lipinski definition) is 7. The van der Waals surface area contributed by atoms with Gasteiger partial charge in [-0.05, 0) is 12.8 Å². The molecule has 0 saturated carbocycles. The second-order valence-electron chi connectivity index (χ2n) is 6.46. The molecule has 4 amide bonds. The third-order valence-corrected chi connectivity index (χ3v) is 4.09. The van der Waals surface area contributed by atoms with Crippen molar-refractivity contribution >= 4 is 29.6 Å². The Morgan fingerprint density at radius 1 is 0.964 bits per heavy atom. The fourth-order valence-electron chi connectivity index (χ4n) is 2.09. The normalized spacial score (nSPS) is 16.0. The van der Waals surface area contributed by atoms with Crippen molar-refractivity contribution in [3.8, 4) is 0 Å². The summed E-state index contributed by atoms with van der Waals surface area (Å²) in [6, 6.07) is -5.02. The summed E-state index contributed by atoms with van der Waals surface area (Å²) in [5.41, 5.74) is 10.5. The molecule has 12 heteroatoms. The first-order valence-electron chi connectivity index (χ1n) is 8.73. The van der Waals surface area contributed by atoms with Gasteiger partial charge in [-0.2, -0.15) is 0 Å². The number of amides is 4. The van der Waals surface area contributed by atoms with Gasteiger partial charge in [-0.25, -0.2) is 0 Å². The second kappa shape index (κ2) is 11.9. The van der Waals surface area contributed by atoms with E-state index in [0.717, 1.165) is 0 Å². The number of rotatable bonds is 12. The highest BCUT2D eigenvalue weighted by atomic mass is 16.4. The number of aliphatic carboxylic acids is 1. The van der Waals surface area contributed by atoms with Gasteiger partial charge < -0.3 is 37.6 Å². The van der Waals surface area contributed by atoms with E-state index in [1.807, 2.05) is 0 Å². The molecule has 0 aliphatic heterocycles. The summed E-state index contributed by atoms with van der Waals surface area (Å²) in [6.45, 7) is 4.02. The molecule has 0 rings (SSSR count). The van der Waals surface area contributed by atoms with Crippen LogP contribution in [-0.2, 0) is 24.0 Å². The maximum absolute atomic E-state index is 12.5. The predicted octanol–water partition coefficient (Wildman–Crippen LogP) is -3.21. The summed E-state index contributed by atoms with van der Waals surface area (Å²) < 4.78 is 0.